The quantitative estimate of drug-likeness (QED) is 0.816. The Morgan fingerprint density at radius 1 is 1.00 bits per heavy atom. The van der Waals surface area contributed by atoms with Gasteiger partial charge in [0.1, 0.15) is 0 Å². The highest BCUT2D eigenvalue weighted by Crippen LogP contribution is 2.32. The number of benzene rings is 1. The van der Waals surface area contributed by atoms with Crippen LogP contribution in [0, 0.1) is 0 Å². The summed E-state index contributed by atoms with van der Waals surface area (Å²) >= 11 is 0. The molecule has 25 heavy (non-hydrogen) atoms. The van der Waals surface area contributed by atoms with Crippen molar-refractivity contribution in [1.82, 2.24) is 10.2 Å². The Bertz CT molecular complexity index is 648. The highest BCUT2D eigenvalue weighted by atomic mass is 19.4. The fraction of sp³-hybridized carbons (Fsp3) is 0.467. The van der Waals surface area contributed by atoms with Crippen molar-refractivity contribution in [2.45, 2.75) is 31.2 Å². The van der Waals surface area contributed by atoms with Crippen molar-refractivity contribution in [2.24, 2.45) is 0 Å². The maximum absolute atomic E-state index is 13.0. The van der Waals surface area contributed by atoms with E-state index >= 15 is 0 Å². The van der Waals surface area contributed by atoms with Crippen molar-refractivity contribution in [3.63, 3.8) is 0 Å². The van der Waals surface area contributed by atoms with Crippen LogP contribution in [0.25, 0.3) is 0 Å². The molecular weight excluding hydrogens is 354 g/mol. The lowest BCUT2D eigenvalue weighted by molar-refractivity contribution is -0.174. The zero-order valence-corrected chi connectivity index (χ0v) is 12.7. The SMILES string of the molecule is O=C(c1ccccc1C(F)(F)F)N1CCC(NC(=O)C(F)(F)F)CC1. The van der Waals surface area contributed by atoms with E-state index in [0.29, 0.717) is 0 Å². The molecule has 1 aromatic carbocycles. The Kier molecular flexibility index (Phi) is 5.28. The summed E-state index contributed by atoms with van der Waals surface area (Å²) < 4.78 is 75.5. The molecular formula is C15H14F6N2O2. The van der Waals surface area contributed by atoms with Gasteiger partial charge in [-0.2, -0.15) is 26.3 Å². The maximum Gasteiger partial charge on any atom is 0.471 e. The van der Waals surface area contributed by atoms with Crippen LogP contribution in [0.2, 0.25) is 0 Å². The number of likely N-dealkylation sites (tertiary alicyclic amines) is 1. The molecule has 1 aliphatic heterocycles. The number of piperidine rings is 1. The Balaban J connectivity index is 2.02. The third kappa shape index (κ3) is 4.64. The zero-order chi connectivity index (χ0) is 18.8. The normalized spacial score (nSPS) is 16.6. The number of hydrogen-bond acceptors (Lipinski definition) is 2. The molecule has 1 N–H and O–H groups in total. The van der Waals surface area contributed by atoms with Gasteiger partial charge in [-0.05, 0) is 25.0 Å². The predicted octanol–water partition coefficient (Wildman–Crippen LogP) is 2.99. The Morgan fingerprint density at radius 3 is 2.08 bits per heavy atom. The fourth-order valence-corrected chi connectivity index (χ4v) is 2.58. The van der Waals surface area contributed by atoms with Gasteiger partial charge in [-0.25, -0.2) is 0 Å². The van der Waals surface area contributed by atoms with E-state index in [1.165, 1.54) is 12.1 Å². The highest BCUT2D eigenvalue weighted by molar-refractivity contribution is 5.96. The molecule has 2 rings (SSSR count). The first-order valence-corrected chi connectivity index (χ1v) is 7.33. The molecule has 10 heteroatoms. The standard InChI is InChI=1S/C15H14F6N2O2/c16-14(17,18)11-4-2-1-3-10(11)12(24)23-7-5-9(6-8-23)22-13(25)15(19,20)21/h1-4,9H,5-8H2,(H,22,25). The summed E-state index contributed by atoms with van der Waals surface area (Å²) in [6.07, 6.45) is -9.63. The maximum atomic E-state index is 13.0. The summed E-state index contributed by atoms with van der Waals surface area (Å²) in [4.78, 5) is 24.3. The van der Waals surface area contributed by atoms with Crippen molar-refractivity contribution in [1.29, 1.82) is 0 Å². The number of hydrogen-bond donors (Lipinski definition) is 1. The van der Waals surface area contributed by atoms with E-state index in [9.17, 15) is 35.9 Å². The smallest absolute Gasteiger partial charge is 0.345 e. The zero-order valence-electron chi connectivity index (χ0n) is 12.7. The number of carbonyl (C=O) groups is 2. The van der Waals surface area contributed by atoms with Crippen LogP contribution in [-0.2, 0) is 11.0 Å². The molecule has 138 valence electrons. The first kappa shape index (κ1) is 19.1. The number of carbonyl (C=O) groups excluding carboxylic acids is 2. The molecule has 4 nitrogen and oxygen atoms in total. The third-order valence-electron chi connectivity index (χ3n) is 3.84. The number of amides is 2. The molecule has 0 aromatic heterocycles. The molecule has 1 fully saturated rings. The average molecular weight is 368 g/mol. The molecule has 1 saturated heterocycles. The van der Waals surface area contributed by atoms with Crippen LogP contribution >= 0.6 is 0 Å². The second kappa shape index (κ2) is 6.93. The first-order valence-electron chi connectivity index (χ1n) is 7.33. The number of alkyl halides is 6. The average Bonchev–Trinajstić information content (AvgIpc) is 2.53. The third-order valence-corrected chi connectivity index (χ3v) is 3.84. The van der Waals surface area contributed by atoms with Gasteiger partial charge in [0.2, 0.25) is 0 Å². The molecule has 0 radical (unpaired) electrons. The molecule has 0 aliphatic carbocycles. The van der Waals surface area contributed by atoms with Gasteiger partial charge in [-0.1, -0.05) is 12.1 Å². The topological polar surface area (TPSA) is 49.4 Å². The van der Waals surface area contributed by atoms with Crippen LogP contribution in [0.3, 0.4) is 0 Å². The van der Waals surface area contributed by atoms with Crippen LogP contribution in [-0.4, -0.2) is 42.0 Å². The summed E-state index contributed by atoms with van der Waals surface area (Å²) in [6.45, 7) is -0.0956. The van der Waals surface area contributed by atoms with Crippen LogP contribution in [0.1, 0.15) is 28.8 Å². The van der Waals surface area contributed by atoms with Gasteiger partial charge in [0.25, 0.3) is 5.91 Å². The number of rotatable bonds is 2. The molecule has 0 spiro atoms. The summed E-state index contributed by atoms with van der Waals surface area (Å²) in [6, 6.07) is 3.54. The molecule has 0 unspecified atom stereocenters. The number of halogens is 6. The molecule has 0 saturated carbocycles. The molecule has 2 amide bonds. The van der Waals surface area contributed by atoms with E-state index in [4.69, 9.17) is 0 Å². The van der Waals surface area contributed by atoms with E-state index < -0.39 is 41.3 Å². The Hall–Kier alpha value is -2.26. The minimum Gasteiger partial charge on any atom is -0.345 e. The Labute approximate surface area is 138 Å². The lowest BCUT2D eigenvalue weighted by Crippen LogP contribution is -2.49. The van der Waals surface area contributed by atoms with Gasteiger partial charge in [0.15, 0.2) is 0 Å². The lowest BCUT2D eigenvalue weighted by Gasteiger charge is -2.33. The van der Waals surface area contributed by atoms with E-state index in [1.54, 1.807) is 0 Å². The van der Waals surface area contributed by atoms with Crippen molar-refractivity contribution in [3.8, 4) is 0 Å². The van der Waals surface area contributed by atoms with Gasteiger partial charge in [-0.15, -0.1) is 0 Å². The fourth-order valence-electron chi connectivity index (χ4n) is 2.58. The number of nitrogens with zero attached hydrogens (tertiary/aromatic N) is 1. The summed E-state index contributed by atoms with van der Waals surface area (Å²) in [5, 5.41) is 1.81. The number of nitrogens with one attached hydrogen (secondary N) is 1. The molecule has 1 heterocycles. The second-order valence-corrected chi connectivity index (χ2v) is 5.58. The van der Waals surface area contributed by atoms with Crippen LogP contribution < -0.4 is 5.32 Å². The minimum atomic E-state index is -5.00. The Morgan fingerprint density at radius 2 is 1.56 bits per heavy atom. The van der Waals surface area contributed by atoms with Crippen LogP contribution in [0.4, 0.5) is 26.3 Å². The summed E-state index contributed by atoms with van der Waals surface area (Å²) in [5.41, 5.74) is -1.57. The van der Waals surface area contributed by atoms with Gasteiger partial charge < -0.3 is 10.2 Å². The van der Waals surface area contributed by atoms with E-state index in [0.717, 1.165) is 17.0 Å². The van der Waals surface area contributed by atoms with E-state index in [-0.39, 0.29) is 25.9 Å². The van der Waals surface area contributed by atoms with Crippen LogP contribution in [0.15, 0.2) is 24.3 Å². The largest absolute Gasteiger partial charge is 0.471 e. The molecule has 0 bridgehead atoms. The minimum absolute atomic E-state index is 0.0295. The van der Waals surface area contributed by atoms with Crippen molar-refractivity contribution in [2.75, 3.05) is 13.1 Å². The van der Waals surface area contributed by atoms with Crippen molar-refractivity contribution in [3.05, 3.63) is 35.4 Å². The van der Waals surface area contributed by atoms with Gasteiger partial charge in [-0.3, -0.25) is 9.59 Å². The van der Waals surface area contributed by atoms with E-state index in [1.807, 2.05) is 5.32 Å². The van der Waals surface area contributed by atoms with Gasteiger partial charge in [0.05, 0.1) is 11.1 Å². The molecule has 1 aliphatic rings. The van der Waals surface area contributed by atoms with E-state index in [2.05, 4.69) is 0 Å². The first-order chi connectivity index (χ1) is 11.5. The lowest BCUT2D eigenvalue weighted by atomic mass is 10.0. The molecule has 1 aromatic rings. The molecule has 0 atom stereocenters. The second-order valence-electron chi connectivity index (χ2n) is 5.58. The summed E-state index contributed by atoms with van der Waals surface area (Å²) in [5.74, 6) is -2.91. The van der Waals surface area contributed by atoms with Gasteiger partial charge >= 0.3 is 18.3 Å². The van der Waals surface area contributed by atoms with Crippen LogP contribution in [0.5, 0.6) is 0 Å². The predicted molar refractivity (Wildman–Crippen MR) is 74.6 cm³/mol. The monoisotopic (exact) mass is 368 g/mol. The van der Waals surface area contributed by atoms with Crippen molar-refractivity contribution >= 4 is 11.8 Å². The summed E-state index contributed by atoms with van der Waals surface area (Å²) in [7, 11) is 0. The highest BCUT2D eigenvalue weighted by Gasteiger charge is 2.40. The van der Waals surface area contributed by atoms with Crippen molar-refractivity contribution < 1.29 is 35.9 Å². The van der Waals surface area contributed by atoms with Gasteiger partial charge in [0, 0.05) is 19.1 Å².